The van der Waals surface area contributed by atoms with Crippen LogP contribution in [0.15, 0.2) is 12.4 Å². The first kappa shape index (κ1) is 11.7. The Hall–Kier alpha value is -1.36. The van der Waals surface area contributed by atoms with E-state index in [1.165, 1.54) is 12.4 Å². The third-order valence-corrected chi connectivity index (χ3v) is 1.42. The molecule has 0 fully saturated rings. The van der Waals surface area contributed by atoms with Gasteiger partial charge >= 0.3 is 6.09 Å². The molecule has 82 valence electrons. The lowest BCUT2D eigenvalue weighted by Gasteiger charge is -2.19. The molecule has 1 amide bonds. The number of amides is 1. The largest absolute Gasteiger partial charge is 0.444 e. The van der Waals surface area contributed by atoms with Crippen LogP contribution in [0.3, 0.4) is 0 Å². The molecule has 15 heavy (non-hydrogen) atoms. The van der Waals surface area contributed by atoms with Crippen molar-refractivity contribution < 1.29 is 9.53 Å². The number of rotatable bonds is 1. The molecule has 0 atom stereocenters. The van der Waals surface area contributed by atoms with Crippen molar-refractivity contribution >= 4 is 23.5 Å². The highest BCUT2D eigenvalue weighted by Gasteiger charge is 2.16. The van der Waals surface area contributed by atoms with Crippen LogP contribution in [0.4, 0.5) is 10.6 Å². The number of nitrogens with one attached hydrogen (secondary N) is 1. The molecular weight excluding hydrogens is 218 g/mol. The monoisotopic (exact) mass is 229 g/mol. The second-order valence-corrected chi connectivity index (χ2v) is 4.24. The molecule has 1 aromatic heterocycles. The van der Waals surface area contributed by atoms with Crippen LogP contribution in [-0.2, 0) is 4.74 Å². The fraction of sp³-hybridized carbons (Fsp3) is 0.444. The van der Waals surface area contributed by atoms with E-state index in [4.69, 9.17) is 16.3 Å². The van der Waals surface area contributed by atoms with E-state index in [9.17, 15) is 4.79 Å². The molecule has 0 aliphatic heterocycles. The standard InChI is InChI=1S/C9H12ClN3O2/c1-9(2,3)15-8(14)13-7-5-11-4-6(10)12-7/h4-5H,1-3H3,(H,12,13,14). The smallest absolute Gasteiger partial charge is 0.413 e. The summed E-state index contributed by atoms with van der Waals surface area (Å²) >= 11 is 5.60. The first-order valence-electron chi connectivity index (χ1n) is 4.34. The lowest BCUT2D eigenvalue weighted by molar-refractivity contribution is 0.0635. The predicted molar refractivity (Wildman–Crippen MR) is 56.9 cm³/mol. The number of carbonyl (C=O) groups excluding carboxylic acids is 1. The molecule has 0 bridgehead atoms. The Kier molecular flexibility index (Phi) is 3.47. The number of hydrogen-bond donors (Lipinski definition) is 1. The van der Waals surface area contributed by atoms with Crippen LogP contribution in [0.2, 0.25) is 5.15 Å². The Bertz CT molecular complexity index is 363. The predicted octanol–water partition coefficient (Wildman–Crippen LogP) is 2.48. The van der Waals surface area contributed by atoms with Crippen LogP contribution in [0.1, 0.15) is 20.8 Å². The average Bonchev–Trinajstić information content (AvgIpc) is 1.99. The van der Waals surface area contributed by atoms with Gasteiger partial charge in [0.2, 0.25) is 0 Å². The summed E-state index contributed by atoms with van der Waals surface area (Å²) in [5, 5.41) is 2.63. The van der Waals surface area contributed by atoms with Gasteiger partial charge in [0.1, 0.15) is 10.8 Å². The van der Waals surface area contributed by atoms with Gasteiger partial charge < -0.3 is 4.74 Å². The molecule has 5 nitrogen and oxygen atoms in total. The number of aromatic nitrogens is 2. The maximum Gasteiger partial charge on any atom is 0.413 e. The van der Waals surface area contributed by atoms with Crippen molar-refractivity contribution in [2.75, 3.05) is 5.32 Å². The van der Waals surface area contributed by atoms with Gasteiger partial charge in [-0.2, -0.15) is 0 Å². The number of ether oxygens (including phenoxy) is 1. The van der Waals surface area contributed by atoms with Crippen LogP contribution in [0.5, 0.6) is 0 Å². The zero-order valence-electron chi connectivity index (χ0n) is 8.74. The van der Waals surface area contributed by atoms with Crippen LogP contribution < -0.4 is 5.32 Å². The van der Waals surface area contributed by atoms with Crippen molar-refractivity contribution in [3.8, 4) is 0 Å². The minimum atomic E-state index is -0.584. The normalized spacial score (nSPS) is 10.9. The molecule has 0 radical (unpaired) electrons. The summed E-state index contributed by atoms with van der Waals surface area (Å²) in [6.07, 6.45) is 2.18. The molecule has 0 unspecified atom stereocenters. The highest BCUT2D eigenvalue weighted by atomic mass is 35.5. The Morgan fingerprint density at radius 2 is 2.13 bits per heavy atom. The Morgan fingerprint density at radius 1 is 1.47 bits per heavy atom. The molecule has 1 rings (SSSR count). The summed E-state index contributed by atoms with van der Waals surface area (Å²) < 4.78 is 5.02. The number of hydrogen-bond acceptors (Lipinski definition) is 4. The molecule has 1 heterocycles. The van der Waals surface area contributed by atoms with Crippen LogP contribution in [-0.4, -0.2) is 21.7 Å². The average molecular weight is 230 g/mol. The second kappa shape index (κ2) is 4.44. The van der Waals surface area contributed by atoms with E-state index in [1.807, 2.05) is 0 Å². The minimum Gasteiger partial charge on any atom is -0.444 e. The second-order valence-electron chi connectivity index (χ2n) is 3.85. The molecule has 1 aromatic rings. The molecule has 0 aliphatic rings. The van der Waals surface area contributed by atoms with E-state index in [0.29, 0.717) is 0 Å². The first-order chi connectivity index (χ1) is 6.87. The van der Waals surface area contributed by atoms with E-state index in [2.05, 4.69) is 15.3 Å². The lowest BCUT2D eigenvalue weighted by Crippen LogP contribution is -2.27. The van der Waals surface area contributed by atoms with Gasteiger partial charge in [0.25, 0.3) is 0 Å². The van der Waals surface area contributed by atoms with E-state index >= 15 is 0 Å². The van der Waals surface area contributed by atoms with E-state index in [1.54, 1.807) is 20.8 Å². The molecule has 0 spiro atoms. The molecule has 0 aromatic carbocycles. The Balaban J connectivity index is 2.59. The van der Waals surface area contributed by atoms with Crippen molar-refractivity contribution in [1.29, 1.82) is 0 Å². The topological polar surface area (TPSA) is 64.1 Å². The summed E-state index contributed by atoms with van der Waals surface area (Å²) in [5.74, 6) is 0.261. The lowest BCUT2D eigenvalue weighted by atomic mass is 10.2. The van der Waals surface area contributed by atoms with E-state index in [0.717, 1.165) is 0 Å². The fourth-order valence-electron chi connectivity index (χ4n) is 0.811. The third-order valence-electron chi connectivity index (χ3n) is 1.23. The van der Waals surface area contributed by atoms with Crippen LogP contribution in [0.25, 0.3) is 0 Å². The Labute approximate surface area is 92.8 Å². The van der Waals surface area contributed by atoms with Crippen molar-refractivity contribution in [3.63, 3.8) is 0 Å². The number of halogens is 1. The van der Waals surface area contributed by atoms with E-state index in [-0.39, 0.29) is 11.0 Å². The SMILES string of the molecule is CC(C)(C)OC(=O)Nc1cncc(Cl)n1. The molecular formula is C9H12ClN3O2. The molecule has 0 saturated carbocycles. The van der Waals surface area contributed by atoms with Gasteiger partial charge in [0, 0.05) is 0 Å². The molecule has 0 aliphatic carbocycles. The van der Waals surface area contributed by atoms with Crippen LogP contribution in [0, 0.1) is 0 Å². The summed E-state index contributed by atoms with van der Waals surface area (Å²) in [4.78, 5) is 18.9. The van der Waals surface area contributed by atoms with Crippen molar-refractivity contribution in [2.24, 2.45) is 0 Å². The number of anilines is 1. The number of carbonyl (C=O) groups is 1. The van der Waals surface area contributed by atoms with Crippen molar-refractivity contribution in [3.05, 3.63) is 17.5 Å². The summed E-state index contributed by atoms with van der Waals surface area (Å²) in [6.45, 7) is 5.32. The van der Waals surface area contributed by atoms with Gasteiger partial charge in [0.05, 0.1) is 12.4 Å². The minimum absolute atomic E-state index is 0.212. The maximum absolute atomic E-state index is 11.3. The molecule has 1 N–H and O–H groups in total. The zero-order valence-corrected chi connectivity index (χ0v) is 9.50. The van der Waals surface area contributed by atoms with Gasteiger partial charge in [-0.25, -0.2) is 9.78 Å². The molecule has 0 saturated heterocycles. The zero-order chi connectivity index (χ0) is 11.5. The van der Waals surface area contributed by atoms with Gasteiger partial charge in [-0.1, -0.05) is 11.6 Å². The summed E-state index contributed by atoms with van der Waals surface area (Å²) in [5.41, 5.74) is -0.546. The highest BCUT2D eigenvalue weighted by molar-refractivity contribution is 6.29. The van der Waals surface area contributed by atoms with Crippen molar-refractivity contribution in [2.45, 2.75) is 26.4 Å². The quantitative estimate of drug-likeness (QED) is 0.804. The summed E-state index contributed by atoms with van der Waals surface area (Å²) in [6, 6.07) is 0. The molecule has 6 heteroatoms. The van der Waals surface area contributed by atoms with Crippen molar-refractivity contribution in [1.82, 2.24) is 9.97 Å². The fourth-order valence-corrected chi connectivity index (χ4v) is 0.958. The van der Waals surface area contributed by atoms with E-state index < -0.39 is 11.7 Å². The first-order valence-corrected chi connectivity index (χ1v) is 4.72. The van der Waals surface area contributed by atoms with Gasteiger partial charge in [-0.15, -0.1) is 0 Å². The highest BCUT2D eigenvalue weighted by Crippen LogP contribution is 2.10. The van der Waals surface area contributed by atoms with Crippen LogP contribution >= 0.6 is 11.6 Å². The third kappa shape index (κ3) is 4.60. The summed E-state index contributed by atoms with van der Waals surface area (Å²) in [7, 11) is 0. The van der Waals surface area contributed by atoms with Gasteiger partial charge in [-0.3, -0.25) is 10.3 Å². The number of nitrogens with zero attached hydrogens (tertiary/aromatic N) is 2. The van der Waals surface area contributed by atoms with Gasteiger partial charge in [-0.05, 0) is 20.8 Å². The Morgan fingerprint density at radius 3 is 2.67 bits per heavy atom. The maximum atomic E-state index is 11.3. The van der Waals surface area contributed by atoms with Gasteiger partial charge in [0.15, 0.2) is 5.82 Å².